The first-order chi connectivity index (χ1) is 11.1. The first kappa shape index (κ1) is 13.6. The number of nitrogens with one attached hydrogen (secondary N) is 2. The number of fused-ring (bicyclic) bond motifs is 3. The summed E-state index contributed by atoms with van der Waals surface area (Å²) in [7, 11) is 3.37. The van der Waals surface area contributed by atoms with Crippen molar-refractivity contribution in [3.8, 4) is 5.75 Å². The molecule has 6 heteroatoms. The van der Waals surface area contributed by atoms with Crippen LogP contribution in [0.15, 0.2) is 42.5 Å². The summed E-state index contributed by atoms with van der Waals surface area (Å²) in [6.07, 6.45) is 0. The normalized spacial score (nSPS) is 21.6. The molecule has 0 aliphatic carbocycles. The van der Waals surface area contributed by atoms with Crippen molar-refractivity contribution >= 4 is 23.2 Å². The second-order valence-corrected chi connectivity index (χ2v) is 5.61. The molecule has 116 valence electrons. The Hall–Kier alpha value is -3.02. The number of likely N-dealkylation sites (N-methyl/N-ethyl adjacent to an activating group) is 1. The number of para-hydroxylation sites is 1. The van der Waals surface area contributed by atoms with Crippen molar-refractivity contribution in [1.29, 1.82) is 0 Å². The van der Waals surface area contributed by atoms with Gasteiger partial charge in [0.1, 0.15) is 5.75 Å². The second-order valence-electron chi connectivity index (χ2n) is 5.61. The van der Waals surface area contributed by atoms with Gasteiger partial charge in [-0.15, -0.1) is 0 Å². The highest BCUT2D eigenvalue weighted by Gasteiger charge is 2.54. The number of anilines is 2. The average molecular weight is 309 g/mol. The molecule has 2 aromatic rings. The van der Waals surface area contributed by atoms with Crippen LogP contribution >= 0.6 is 0 Å². The van der Waals surface area contributed by atoms with E-state index in [9.17, 15) is 9.59 Å². The average Bonchev–Trinajstić information content (AvgIpc) is 2.84. The summed E-state index contributed by atoms with van der Waals surface area (Å²) in [5.74, 6) is 0.0925. The van der Waals surface area contributed by atoms with E-state index in [0.717, 1.165) is 5.69 Å². The quantitative estimate of drug-likeness (QED) is 0.841. The van der Waals surface area contributed by atoms with E-state index in [2.05, 4.69) is 10.6 Å². The molecule has 2 N–H and O–H groups in total. The summed E-state index contributed by atoms with van der Waals surface area (Å²) < 4.78 is 5.20. The number of methoxy groups -OCH3 is 1. The molecule has 2 aromatic carbocycles. The summed E-state index contributed by atoms with van der Waals surface area (Å²) in [6.45, 7) is 0. The summed E-state index contributed by atoms with van der Waals surface area (Å²) in [5, 5.41) is 5.71. The summed E-state index contributed by atoms with van der Waals surface area (Å²) in [5.41, 5.74) is 1.37. The third-order valence-electron chi connectivity index (χ3n) is 4.50. The molecule has 0 aromatic heterocycles. The van der Waals surface area contributed by atoms with Gasteiger partial charge in [0, 0.05) is 18.7 Å². The molecule has 1 atom stereocenters. The van der Waals surface area contributed by atoms with Crippen LogP contribution in [0, 0.1) is 0 Å². The smallest absolute Gasteiger partial charge is 0.276 e. The number of hydrogen-bond donors (Lipinski definition) is 2. The van der Waals surface area contributed by atoms with Crippen molar-refractivity contribution in [2.75, 3.05) is 24.4 Å². The summed E-state index contributed by atoms with van der Waals surface area (Å²) >= 11 is 0. The molecule has 0 fully saturated rings. The lowest BCUT2D eigenvalue weighted by Crippen LogP contribution is -2.64. The van der Waals surface area contributed by atoms with Crippen LogP contribution in [-0.4, -0.2) is 26.0 Å². The number of ether oxygens (including phenoxy) is 1. The number of nitrogens with zero attached hydrogens (tertiary/aromatic N) is 1. The third kappa shape index (κ3) is 1.63. The minimum absolute atomic E-state index is 0.266. The number of amides is 2. The lowest BCUT2D eigenvalue weighted by molar-refractivity contribution is -0.121. The molecular weight excluding hydrogens is 294 g/mol. The predicted molar refractivity (Wildman–Crippen MR) is 85.6 cm³/mol. The van der Waals surface area contributed by atoms with E-state index in [4.69, 9.17) is 4.74 Å². The Bertz CT molecular complexity index is 849. The molecule has 0 bridgehead atoms. The Morgan fingerprint density at radius 3 is 2.70 bits per heavy atom. The number of carbonyl (C=O) groups is 2. The van der Waals surface area contributed by atoms with Crippen molar-refractivity contribution in [3.63, 3.8) is 0 Å². The summed E-state index contributed by atoms with van der Waals surface area (Å²) in [6, 6.07) is 12.6. The highest BCUT2D eigenvalue weighted by Crippen LogP contribution is 2.44. The van der Waals surface area contributed by atoms with Gasteiger partial charge in [-0.2, -0.15) is 0 Å². The fourth-order valence-electron chi connectivity index (χ4n) is 3.32. The van der Waals surface area contributed by atoms with Gasteiger partial charge < -0.3 is 20.3 Å². The van der Waals surface area contributed by atoms with Crippen LogP contribution in [0.25, 0.3) is 0 Å². The molecule has 23 heavy (non-hydrogen) atoms. The van der Waals surface area contributed by atoms with Crippen LogP contribution in [0.1, 0.15) is 15.9 Å². The molecule has 4 rings (SSSR count). The molecule has 0 radical (unpaired) electrons. The zero-order chi connectivity index (χ0) is 16.2. The zero-order valence-electron chi connectivity index (χ0n) is 12.7. The maximum atomic E-state index is 12.8. The van der Waals surface area contributed by atoms with Crippen LogP contribution in [0.5, 0.6) is 5.75 Å². The van der Waals surface area contributed by atoms with E-state index < -0.39 is 5.66 Å². The van der Waals surface area contributed by atoms with Gasteiger partial charge in [0.05, 0.1) is 24.0 Å². The number of rotatable bonds is 1. The molecule has 2 aliphatic heterocycles. The second kappa shape index (κ2) is 4.49. The van der Waals surface area contributed by atoms with Crippen LogP contribution in [0.3, 0.4) is 0 Å². The van der Waals surface area contributed by atoms with Crippen LogP contribution in [0.4, 0.5) is 11.4 Å². The van der Waals surface area contributed by atoms with E-state index in [0.29, 0.717) is 22.6 Å². The molecular formula is C17H15N3O3. The molecule has 0 saturated carbocycles. The van der Waals surface area contributed by atoms with E-state index >= 15 is 0 Å². The zero-order valence-corrected chi connectivity index (χ0v) is 12.7. The van der Waals surface area contributed by atoms with Crippen molar-refractivity contribution in [2.24, 2.45) is 0 Å². The molecule has 2 amide bonds. The van der Waals surface area contributed by atoms with Gasteiger partial charge in [-0.3, -0.25) is 9.59 Å². The highest BCUT2D eigenvalue weighted by atomic mass is 16.5. The Kier molecular flexibility index (Phi) is 2.66. The lowest BCUT2D eigenvalue weighted by atomic mass is 9.93. The first-order valence-corrected chi connectivity index (χ1v) is 7.23. The van der Waals surface area contributed by atoms with E-state index in [1.807, 2.05) is 12.1 Å². The fraction of sp³-hybridized carbons (Fsp3) is 0.176. The van der Waals surface area contributed by atoms with Gasteiger partial charge in [-0.25, -0.2) is 0 Å². The number of benzene rings is 2. The lowest BCUT2D eigenvalue weighted by Gasteiger charge is -2.43. The van der Waals surface area contributed by atoms with E-state index in [1.165, 1.54) is 0 Å². The van der Waals surface area contributed by atoms with Crippen LogP contribution in [-0.2, 0) is 10.5 Å². The maximum Gasteiger partial charge on any atom is 0.276 e. The van der Waals surface area contributed by atoms with Gasteiger partial charge in [0.2, 0.25) is 5.66 Å². The molecule has 0 saturated heterocycles. The number of hydrogen-bond acceptors (Lipinski definition) is 4. The van der Waals surface area contributed by atoms with Crippen molar-refractivity contribution in [1.82, 2.24) is 5.32 Å². The van der Waals surface area contributed by atoms with Crippen molar-refractivity contribution in [2.45, 2.75) is 5.66 Å². The standard InChI is InChI=1S/C17H15N3O3/c1-20-14-6-4-3-5-11(14)15(21)19-17(20)12-8-7-10(23-2)9-13(12)18-16(17)22/h3-9H,1-2H3,(H,18,22)(H,19,21). The monoisotopic (exact) mass is 309 g/mol. The van der Waals surface area contributed by atoms with Gasteiger partial charge in [0.15, 0.2) is 0 Å². The van der Waals surface area contributed by atoms with Crippen molar-refractivity contribution in [3.05, 3.63) is 53.6 Å². The topological polar surface area (TPSA) is 70.7 Å². The SMILES string of the molecule is COc1ccc2c(c1)NC(=O)C21NC(=O)c2ccccc2N1C. The fourth-order valence-corrected chi connectivity index (χ4v) is 3.32. The van der Waals surface area contributed by atoms with Crippen LogP contribution in [0.2, 0.25) is 0 Å². The van der Waals surface area contributed by atoms with Crippen molar-refractivity contribution < 1.29 is 14.3 Å². The minimum atomic E-state index is -1.24. The molecule has 6 nitrogen and oxygen atoms in total. The maximum absolute atomic E-state index is 12.8. The van der Waals surface area contributed by atoms with Gasteiger partial charge >= 0.3 is 0 Å². The van der Waals surface area contributed by atoms with Crippen LogP contribution < -0.4 is 20.3 Å². The highest BCUT2D eigenvalue weighted by molar-refractivity contribution is 6.14. The minimum Gasteiger partial charge on any atom is -0.497 e. The van der Waals surface area contributed by atoms with Gasteiger partial charge in [-0.1, -0.05) is 12.1 Å². The van der Waals surface area contributed by atoms with E-state index in [-0.39, 0.29) is 11.8 Å². The molecule has 2 heterocycles. The molecule has 2 aliphatic rings. The molecule has 1 unspecified atom stereocenters. The summed E-state index contributed by atoms with van der Waals surface area (Å²) in [4.78, 5) is 27.1. The van der Waals surface area contributed by atoms with Gasteiger partial charge in [0.25, 0.3) is 11.8 Å². The Labute approximate surface area is 133 Å². The molecule has 1 spiro atoms. The van der Waals surface area contributed by atoms with Gasteiger partial charge in [-0.05, 0) is 24.3 Å². The first-order valence-electron chi connectivity index (χ1n) is 7.23. The third-order valence-corrected chi connectivity index (χ3v) is 4.50. The Morgan fingerprint density at radius 2 is 1.91 bits per heavy atom. The largest absolute Gasteiger partial charge is 0.497 e. The Morgan fingerprint density at radius 1 is 1.13 bits per heavy atom. The number of carbonyl (C=O) groups excluding carboxylic acids is 2. The van der Waals surface area contributed by atoms with E-state index in [1.54, 1.807) is 49.4 Å². The Balaban J connectivity index is 1.93. The predicted octanol–water partition coefficient (Wildman–Crippen LogP) is 1.68.